The molecule has 0 aliphatic carbocycles. The monoisotopic (exact) mass is 253 g/mol. The molecule has 1 atom stereocenters. The van der Waals surface area contributed by atoms with E-state index >= 15 is 0 Å². The third-order valence-corrected chi connectivity index (χ3v) is 3.19. The molecule has 1 unspecified atom stereocenters. The molecule has 14 heavy (non-hydrogen) atoms. The minimum Gasteiger partial charge on any atom is -0.351 e. The topological polar surface area (TPSA) is 29.1 Å². The van der Waals surface area contributed by atoms with Crippen LogP contribution in [0.15, 0.2) is 22.7 Å². The van der Waals surface area contributed by atoms with E-state index in [0.717, 1.165) is 23.0 Å². The minimum absolute atomic E-state index is 0.0530. The van der Waals surface area contributed by atoms with Crippen LogP contribution in [0.25, 0.3) is 0 Å². The smallest absolute Gasteiger partial charge is 0.251 e. The van der Waals surface area contributed by atoms with Gasteiger partial charge in [-0.15, -0.1) is 0 Å². The highest BCUT2D eigenvalue weighted by Crippen LogP contribution is 2.28. The van der Waals surface area contributed by atoms with Gasteiger partial charge in [-0.2, -0.15) is 0 Å². The highest BCUT2D eigenvalue weighted by Gasteiger charge is 2.23. The fourth-order valence-electron chi connectivity index (χ4n) is 1.86. The minimum atomic E-state index is 0.0530. The first-order chi connectivity index (χ1) is 6.72. The van der Waals surface area contributed by atoms with Crippen molar-refractivity contribution in [3.05, 3.63) is 33.8 Å². The lowest BCUT2D eigenvalue weighted by molar-refractivity contribution is 0.0940. The van der Waals surface area contributed by atoms with Gasteiger partial charge in [0.2, 0.25) is 0 Å². The van der Waals surface area contributed by atoms with Crippen molar-refractivity contribution in [2.45, 2.75) is 19.3 Å². The molecule has 1 aromatic carbocycles. The Bertz CT molecular complexity index is 376. The molecule has 0 saturated carbocycles. The normalized spacial score (nSPS) is 20.1. The Hall–Kier alpha value is -0.830. The number of amides is 1. The molecule has 1 aromatic rings. The molecule has 0 saturated heterocycles. The Kier molecular flexibility index (Phi) is 2.59. The van der Waals surface area contributed by atoms with Crippen LogP contribution in [0.2, 0.25) is 0 Å². The Morgan fingerprint density at radius 3 is 3.07 bits per heavy atom. The molecular formula is C11H12BrNO. The molecule has 1 aliphatic heterocycles. The van der Waals surface area contributed by atoms with E-state index in [1.807, 2.05) is 12.1 Å². The largest absolute Gasteiger partial charge is 0.351 e. The maximum atomic E-state index is 11.5. The number of hydrogen-bond acceptors (Lipinski definition) is 1. The fourth-order valence-corrected chi connectivity index (χ4v) is 2.24. The predicted molar refractivity (Wildman–Crippen MR) is 59.5 cm³/mol. The summed E-state index contributed by atoms with van der Waals surface area (Å²) in [5, 5.41) is 2.90. The van der Waals surface area contributed by atoms with Gasteiger partial charge in [0, 0.05) is 22.5 Å². The number of hydrogen-bond donors (Lipinski definition) is 1. The Morgan fingerprint density at radius 2 is 2.36 bits per heavy atom. The van der Waals surface area contributed by atoms with E-state index in [2.05, 4.69) is 34.2 Å². The average molecular weight is 254 g/mol. The van der Waals surface area contributed by atoms with Gasteiger partial charge in [-0.3, -0.25) is 4.79 Å². The summed E-state index contributed by atoms with van der Waals surface area (Å²) in [4.78, 5) is 11.5. The summed E-state index contributed by atoms with van der Waals surface area (Å²) in [7, 11) is 0. The van der Waals surface area contributed by atoms with Crippen molar-refractivity contribution in [2.24, 2.45) is 0 Å². The van der Waals surface area contributed by atoms with Crippen LogP contribution >= 0.6 is 15.9 Å². The third-order valence-electron chi connectivity index (χ3n) is 2.70. The van der Waals surface area contributed by atoms with Gasteiger partial charge in [0.05, 0.1) is 0 Å². The molecule has 0 spiro atoms. The summed E-state index contributed by atoms with van der Waals surface area (Å²) in [5.74, 6) is 0.511. The van der Waals surface area contributed by atoms with Crippen molar-refractivity contribution in [1.82, 2.24) is 5.32 Å². The van der Waals surface area contributed by atoms with Gasteiger partial charge in [-0.25, -0.2) is 0 Å². The second-order valence-electron chi connectivity index (χ2n) is 3.55. The highest BCUT2D eigenvalue weighted by atomic mass is 79.9. The van der Waals surface area contributed by atoms with Crippen molar-refractivity contribution < 1.29 is 4.79 Å². The molecule has 1 amide bonds. The molecule has 1 aliphatic rings. The quantitative estimate of drug-likeness (QED) is 0.820. The molecule has 2 nitrogen and oxygen atoms in total. The van der Waals surface area contributed by atoms with Crippen LogP contribution in [0.5, 0.6) is 0 Å². The van der Waals surface area contributed by atoms with E-state index < -0.39 is 0 Å². The van der Waals surface area contributed by atoms with Crippen molar-refractivity contribution in [3.63, 3.8) is 0 Å². The molecule has 0 radical (unpaired) electrons. The lowest BCUT2D eigenvalue weighted by atomic mass is 9.89. The van der Waals surface area contributed by atoms with E-state index in [4.69, 9.17) is 0 Å². The molecule has 2 rings (SSSR count). The van der Waals surface area contributed by atoms with E-state index in [9.17, 15) is 4.79 Å². The second-order valence-corrected chi connectivity index (χ2v) is 4.46. The van der Waals surface area contributed by atoms with E-state index in [1.54, 1.807) is 0 Å². The van der Waals surface area contributed by atoms with Gasteiger partial charge in [-0.05, 0) is 30.2 Å². The number of carbonyl (C=O) groups excluding carboxylic acids is 1. The number of nitrogens with one attached hydrogen (secondary N) is 1. The van der Waals surface area contributed by atoms with Crippen LogP contribution in [0.3, 0.4) is 0 Å². The zero-order chi connectivity index (χ0) is 10.1. The predicted octanol–water partition coefficient (Wildman–Crippen LogP) is 2.69. The van der Waals surface area contributed by atoms with Crippen LogP contribution < -0.4 is 5.32 Å². The number of fused-ring (bicyclic) bond motifs is 1. The lowest BCUT2D eigenvalue weighted by Crippen LogP contribution is -2.34. The van der Waals surface area contributed by atoms with E-state index in [-0.39, 0.29) is 5.91 Å². The fraction of sp³-hybridized carbons (Fsp3) is 0.364. The van der Waals surface area contributed by atoms with E-state index in [1.165, 1.54) is 5.56 Å². The molecule has 74 valence electrons. The average Bonchev–Trinajstić information content (AvgIpc) is 2.18. The summed E-state index contributed by atoms with van der Waals surface area (Å²) < 4.78 is 1.05. The van der Waals surface area contributed by atoms with E-state index in [0.29, 0.717) is 5.92 Å². The first-order valence-corrected chi connectivity index (χ1v) is 5.59. The molecule has 0 fully saturated rings. The molecular weight excluding hydrogens is 242 g/mol. The molecule has 0 aromatic heterocycles. The van der Waals surface area contributed by atoms with Gasteiger partial charge in [-0.1, -0.05) is 22.9 Å². The van der Waals surface area contributed by atoms with Crippen molar-refractivity contribution in [2.75, 3.05) is 6.54 Å². The lowest BCUT2D eigenvalue weighted by Gasteiger charge is -2.24. The van der Waals surface area contributed by atoms with Crippen molar-refractivity contribution >= 4 is 21.8 Å². The maximum absolute atomic E-state index is 11.5. The molecule has 3 heteroatoms. The maximum Gasteiger partial charge on any atom is 0.251 e. The first-order valence-electron chi connectivity index (χ1n) is 4.80. The summed E-state index contributed by atoms with van der Waals surface area (Å²) in [6, 6.07) is 5.86. The highest BCUT2D eigenvalue weighted by molar-refractivity contribution is 9.10. The number of halogens is 1. The van der Waals surface area contributed by atoms with Crippen LogP contribution in [0.1, 0.15) is 35.2 Å². The van der Waals surface area contributed by atoms with Crippen LogP contribution in [0.4, 0.5) is 0 Å². The van der Waals surface area contributed by atoms with Gasteiger partial charge < -0.3 is 5.32 Å². The SMILES string of the molecule is CCC1CNC(=O)c2ccc(Br)cc21. The Morgan fingerprint density at radius 1 is 1.57 bits per heavy atom. The van der Waals surface area contributed by atoms with Crippen LogP contribution in [0, 0.1) is 0 Å². The second kappa shape index (κ2) is 3.73. The Labute approximate surface area is 91.8 Å². The summed E-state index contributed by atoms with van der Waals surface area (Å²) in [6.07, 6.45) is 1.06. The number of carbonyl (C=O) groups is 1. The molecule has 1 N–H and O–H groups in total. The molecule has 0 bridgehead atoms. The third kappa shape index (κ3) is 1.57. The zero-order valence-corrected chi connectivity index (χ0v) is 9.60. The standard InChI is InChI=1S/C11H12BrNO/c1-2-7-6-13-11(14)9-4-3-8(12)5-10(7)9/h3-5,7H,2,6H2,1H3,(H,13,14). The summed E-state index contributed by atoms with van der Waals surface area (Å²) in [5.41, 5.74) is 2.00. The van der Waals surface area contributed by atoms with Crippen molar-refractivity contribution in [3.8, 4) is 0 Å². The van der Waals surface area contributed by atoms with Crippen LogP contribution in [-0.4, -0.2) is 12.5 Å². The van der Waals surface area contributed by atoms with Gasteiger partial charge in [0.25, 0.3) is 5.91 Å². The number of rotatable bonds is 1. The summed E-state index contributed by atoms with van der Waals surface area (Å²) >= 11 is 3.44. The van der Waals surface area contributed by atoms with Gasteiger partial charge in [0.1, 0.15) is 0 Å². The summed E-state index contributed by atoms with van der Waals surface area (Å²) in [6.45, 7) is 2.91. The number of benzene rings is 1. The van der Waals surface area contributed by atoms with Crippen molar-refractivity contribution in [1.29, 1.82) is 0 Å². The Balaban J connectivity index is 2.51. The zero-order valence-electron chi connectivity index (χ0n) is 8.01. The van der Waals surface area contributed by atoms with Crippen LogP contribution in [-0.2, 0) is 0 Å². The molecule has 1 heterocycles. The first kappa shape index (κ1) is 9.71. The van der Waals surface area contributed by atoms with Gasteiger partial charge >= 0.3 is 0 Å². The van der Waals surface area contributed by atoms with Gasteiger partial charge in [0.15, 0.2) is 0 Å².